The lowest BCUT2D eigenvalue weighted by molar-refractivity contribution is -0.127. The Morgan fingerprint density at radius 1 is 1.37 bits per heavy atom. The quantitative estimate of drug-likeness (QED) is 0.754. The summed E-state index contributed by atoms with van der Waals surface area (Å²) in [6.45, 7) is 3.06. The third-order valence-electron chi connectivity index (χ3n) is 2.78. The molecule has 1 amide bonds. The molecule has 0 radical (unpaired) electrons. The SMILES string of the molecule is CCCN(CC(=O)N(C)C)c1cc(Br)ccc1C=O. The number of anilines is 1. The molecule has 0 aliphatic carbocycles. The second kappa shape index (κ2) is 7.28. The van der Waals surface area contributed by atoms with E-state index in [0.717, 1.165) is 29.4 Å². The van der Waals surface area contributed by atoms with Crippen LogP contribution in [0.3, 0.4) is 0 Å². The van der Waals surface area contributed by atoms with Gasteiger partial charge in [-0.2, -0.15) is 0 Å². The highest BCUT2D eigenvalue weighted by Crippen LogP contribution is 2.24. The number of likely N-dealkylation sites (N-methyl/N-ethyl adjacent to an activating group) is 1. The van der Waals surface area contributed by atoms with Crippen LogP contribution in [-0.2, 0) is 4.79 Å². The van der Waals surface area contributed by atoms with Gasteiger partial charge in [0.1, 0.15) is 0 Å². The molecule has 0 N–H and O–H groups in total. The van der Waals surface area contributed by atoms with Gasteiger partial charge in [-0.25, -0.2) is 0 Å². The number of hydrogen-bond acceptors (Lipinski definition) is 3. The molecule has 1 aromatic rings. The molecule has 0 bridgehead atoms. The van der Waals surface area contributed by atoms with E-state index < -0.39 is 0 Å². The summed E-state index contributed by atoms with van der Waals surface area (Å²) in [4.78, 5) is 26.5. The lowest BCUT2D eigenvalue weighted by Gasteiger charge is -2.26. The van der Waals surface area contributed by atoms with Crippen LogP contribution in [0, 0.1) is 0 Å². The molecule has 4 nitrogen and oxygen atoms in total. The molecule has 0 aliphatic rings. The minimum atomic E-state index is 0.0188. The van der Waals surface area contributed by atoms with Crippen molar-refractivity contribution >= 4 is 33.8 Å². The Balaban J connectivity index is 3.07. The molecule has 0 saturated heterocycles. The summed E-state index contributed by atoms with van der Waals surface area (Å²) in [5, 5.41) is 0. The van der Waals surface area contributed by atoms with E-state index in [2.05, 4.69) is 15.9 Å². The third kappa shape index (κ3) is 4.35. The normalized spacial score (nSPS) is 10.1. The predicted molar refractivity (Wildman–Crippen MR) is 80.7 cm³/mol. The van der Waals surface area contributed by atoms with Gasteiger partial charge >= 0.3 is 0 Å². The first-order chi connectivity index (χ1) is 8.99. The average Bonchev–Trinajstić information content (AvgIpc) is 2.37. The summed E-state index contributed by atoms with van der Waals surface area (Å²) >= 11 is 3.40. The zero-order valence-electron chi connectivity index (χ0n) is 11.5. The highest BCUT2D eigenvalue weighted by atomic mass is 79.9. The highest BCUT2D eigenvalue weighted by Gasteiger charge is 2.15. The minimum Gasteiger partial charge on any atom is -0.362 e. The van der Waals surface area contributed by atoms with Crippen molar-refractivity contribution in [3.63, 3.8) is 0 Å². The Labute approximate surface area is 122 Å². The Morgan fingerprint density at radius 2 is 2.05 bits per heavy atom. The summed E-state index contributed by atoms with van der Waals surface area (Å²) in [7, 11) is 3.46. The number of carbonyl (C=O) groups excluding carboxylic acids is 2. The lowest BCUT2D eigenvalue weighted by atomic mass is 10.1. The Kier molecular flexibility index (Phi) is 6.02. The van der Waals surface area contributed by atoms with Crippen LogP contribution in [0.1, 0.15) is 23.7 Å². The minimum absolute atomic E-state index is 0.0188. The maximum Gasteiger partial charge on any atom is 0.241 e. The summed E-state index contributed by atoms with van der Waals surface area (Å²) in [6, 6.07) is 5.46. The molecule has 1 rings (SSSR count). The monoisotopic (exact) mass is 326 g/mol. The van der Waals surface area contributed by atoms with Crippen molar-refractivity contribution in [2.24, 2.45) is 0 Å². The smallest absolute Gasteiger partial charge is 0.241 e. The van der Waals surface area contributed by atoms with Gasteiger partial charge in [0.2, 0.25) is 5.91 Å². The fourth-order valence-corrected chi connectivity index (χ4v) is 2.10. The second-order valence-electron chi connectivity index (χ2n) is 4.53. The van der Waals surface area contributed by atoms with Crippen LogP contribution in [0.15, 0.2) is 22.7 Å². The molecule has 19 heavy (non-hydrogen) atoms. The molecule has 1 aromatic carbocycles. The van der Waals surface area contributed by atoms with E-state index in [9.17, 15) is 9.59 Å². The molecule has 0 fully saturated rings. The van der Waals surface area contributed by atoms with Gasteiger partial charge in [0.05, 0.1) is 6.54 Å². The van der Waals surface area contributed by atoms with Gasteiger partial charge in [0, 0.05) is 36.4 Å². The molecular formula is C14H19BrN2O2. The maximum atomic E-state index is 11.9. The van der Waals surface area contributed by atoms with Crippen LogP contribution in [0.4, 0.5) is 5.69 Å². The number of hydrogen-bond donors (Lipinski definition) is 0. The van der Waals surface area contributed by atoms with Crippen molar-refractivity contribution in [2.45, 2.75) is 13.3 Å². The van der Waals surface area contributed by atoms with E-state index in [4.69, 9.17) is 0 Å². The summed E-state index contributed by atoms with van der Waals surface area (Å²) in [6.07, 6.45) is 1.73. The van der Waals surface area contributed by atoms with Crippen molar-refractivity contribution in [1.29, 1.82) is 0 Å². The fraction of sp³-hybridized carbons (Fsp3) is 0.429. The second-order valence-corrected chi connectivity index (χ2v) is 5.45. The summed E-state index contributed by atoms with van der Waals surface area (Å²) in [5.41, 5.74) is 1.39. The first kappa shape index (κ1) is 15.7. The molecule has 0 spiro atoms. The van der Waals surface area contributed by atoms with Crippen molar-refractivity contribution < 1.29 is 9.59 Å². The van der Waals surface area contributed by atoms with E-state index in [1.165, 1.54) is 0 Å². The number of benzene rings is 1. The molecule has 0 aromatic heterocycles. The van der Waals surface area contributed by atoms with Gasteiger partial charge in [-0.15, -0.1) is 0 Å². The van der Waals surface area contributed by atoms with Crippen LogP contribution in [-0.4, -0.2) is 44.3 Å². The number of rotatable bonds is 6. The molecular weight excluding hydrogens is 308 g/mol. The molecule has 0 unspecified atom stereocenters. The van der Waals surface area contributed by atoms with Gasteiger partial charge in [-0.05, 0) is 24.6 Å². The van der Waals surface area contributed by atoms with Crippen LogP contribution >= 0.6 is 15.9 Å². The van der Waals surface area contributed by atoms with E-state index >= 15 is 0 Å². The first-order valence-electron chi connectivity index (χ1n) is 6.19. The summed E-state index contributed by atoms with van der Waals surface area (Å²) in [5.74, 6) is 0.0188. The van der Waals surface area contributed by atoms with Crippen LogP contribution in [0.5, 0.6) is 0 Å². The van der Waals surface area contributed by atoms with Gasteiger partial charge in [0.25, 0.3) is 0 Å². The lowest BCUT2D eigenvalue weighted by Crippen LogP contribution is -2.37. The number of amides is 1. The predicted octanol–water partition coefficient (Wildman–Crippen LogP) is 2.57. The van der Waals surface area contributed by atoms with E-state index in [1.807, 2.05) is 24.0 Å². The van der Waals surface area contributed by atoms with Gasteiger partial charge in [0.15, 0.2) is 6.29 Å². The Morgan fingerprint density at radius 3 is 2.58 bits per heavy atom. The van der Waals surface area contributed by atoms with Gasteiger partial charge in [-0.1, -0.05) is 22.9 Å². The molecule has 0 saturated carbocycles. The maximum absolute atomic E-state index is 11.9. The highest BCUT2D eigenvalue weighted by molar-refractivity contribution is 9.10. The number of aldehydes is 1. The molecule has 0 aliphatic heterocycles. The fourth-order valence-electron chi connectivity index (χ4n) is 1.75. The first-order valence-corrected chi connectivity index (χ1v) is 6.98. The van der Waals surface area contributed by atoms with Crippen LogP contribution in [0.25, 0.3) is 0 Å². The molecule has 104 valence electrons. The number of carbonyl (C=O) groups is 2. The molecule has 0 heterocycles. The van der Waals surface area contributed by atoms with E-state index in [-0.39, 0.29) is 12.5 Å². The Bertz CT molecular complexity index is 461. The van der Waals surface area contributed by atoms with Crippen LogP contribution < -0.4 is 4.90 Å². The van der Waals surface area contributed by atoms with Crippen molar-refractivity contribution in [3.8, 4) is 0 Å². The van der Waals surface area contributed by atoms with Crippen molar-refractivity contribution in [1.82, 2.24) is 4.90 Å². The van der Waals surface area contributed by atoms with Crippen molar-refractivity contribution in [2.75, 3.05) is 32.1 Å². The molecule has 5 heteroatoms. The summed E-state index contributed by atoms with van der Waals surface area (Å²) < 4.78 is 0.895. The zero-order chi connectivity index (χ0) is 14.4. The standard InChI is InChI=1S/C14H19BrN2O2/c1-4-7-17(9-14(19)16(2)3)13-8-12(15)6-5-11(13)10-18/h5-6,8,10H,4,7,9H2,1-3H3. The topological polar surface area (TPSA) is 40.6 Å². The van der Waals surface area contributed by atoms with E-state index in [0.29, 0.717) is 5.56 Å². The average molecular weight is 327 g/mol. The van der Waals surface area contributed by atoms with Gasteiger partial charge < -0.3 is 9.80 Å². The Hall–Kier alpha value is -1.36. The van der Waals surface area contributed by atoms with Crippen molar-refractivity contribution in [3.05, 3.63) is 28.2 Å². The number of halogens is 1. The third-order valence-corrected chi connectivity index (χ3v) is 3.27. The largest absolute Gasteiger partial charge is 0.362 e. The zero-order valence-corrected chi connectivity index (χ0v) is 13.1. The van der Waals surface area contributed by atoms with Crippen LogP contribution in [0.2, 0.25) is 0 Å². The van der Waals surface area contributed by atoms with E-state index in [1.54, 1.807) is 25.1 Å². The number of nitrogens with zero attached hydrogens (tertiary/aromatic N) is 2. The van der Waals surface area contributed by atoms with Gasteiger partial charge in [-0.3, -0.25) is 9.59 Å². The molecule has 0 atom stereocenters.